The first-order valence-corrected chi connectivity index (χ1v) is 9.49. The van der Waals surface area contributed by atoms with Gasteiger partial charge in [-0.2, -0.15) is 0 Å². The van der Waals surface area contributed by atoms with Crippen LogP contribution in [0.3, 0.4) is 0 Å². The van der Waals surface area contributed by atoms with E-state index in [4.69, 9.17) is 5.73 Å². The summed E-state index contributed by atoms with van der Waals surface area (Å²) >= 11 is 0. The molecule has 3 rings (SSSR count). The first-order chi connectivity index (χ1) is 12.1. The van der Waals surface area contributed by atoms with Crippen LogP contribution in [0.4, 0.5) is 0 Å². The predicted octanol–water partition coefficient (Wildman–Crippen LogP) is 2.23. The van der Waals surface area contributed by atoms with E-state index in [1.54, 1.807) is 0 Å². The Hall–Kier alpha value is -1.59. The minimum Gasteiger partial charge on any atom is -0.343 e. The fourth-order valence-electron chi connectivity index (χ4n) is 3.91. The first-order valence-electron chi connectivity index (χ1n) is 9.49. The van der Waals surface area contributed by atoms with Crippen LogP contribution in [0, 0.1) is 5.92 Å². The molecule has 2 aliphatic heterocycles. The lowest BCUT2D eigenvalue weighted by molar-refractivity contribution is -0.134. The average Bonchev–Trinajstić information content (AvgIpc) is 3.05. The van der Waals surface area contributed by atoms with E-state index in [-0.39, 0.29) is 18.3 Å². The van der Waals surface area contributed by atoms with Gasteiger partial charge in [0.05, 0.1) is 6.04 Å². The molecule has 5 nitrogen and oxygen atoms in total. The van der Waals surface area contributed by atoms with Gasteiger partial charge in [0.1, 0.15) is 0 Å². The number of nitrogens with zero attached hydrogens (tertiary/aromatic N) is 2. The number of amides is 2. The van der Waals surface area contributed by atoms with Crippen LogP contribution in [0.1, 0.15) is 37.7 Å². The number of carbonyl (C=O) groups excluding carboxylic acids is 2. The minimum atomic E-state index is -0.457. The van der Waals surface area contributed by atoms with E-state index < -0.39 is 6.04 Å². The lowest BCUT2D eigenvalue weighted by Gasteiger charge is -2.34. The van der Waals surface area contributed by atoms with Crippen molar-refractivity contribution in [1.29, 1.82) is 0 Å². The molecule has 2 fully saturated rings. The van der Waals surface area contributed by atoms with Crippen LogP contribution in [-0.2, 0) is 16.0 Å². The predicted molar refractivity (Wildman–Crippen MR) is 105 cm³/mol. The highest BCUT2D eigenvalue weighted by molar-refractivity contribution is 5.85. The van der Waals surface area contributed by atoms with Crippen LogP contribution in [0.25, 0.3) is 0 Å². The van der Waals surface area contributed by atoms with Gasteiger partial charge in [0.15, 0.2) is 0 Å². The van der Waals surface area contributed by atoms with Crippen LogP contribution in [-0.4, -0.2) is 53.8 Å². The number of likely N-dealkylation sites (tertiary alicyclic amines) is 2. The van der Waals surface area contributed by atoms with Crippen molar-refractivity contribution < 1.29 is 9.59 Å². The van der Waals surface area contributed by atoms with Crippen molar-refractivity contribution in [1.82, 2.24) is 9.80 Å². The summed E-state index contributed by atoms with van der Waals surface area (Å²) in [5.41, 5.74) is 7.24. The van der Waals surface area contributed by atoms with E-state index in [9.17, 15) is 9.59 Å². The van der Waals surface area contributed by atoms with Gasteiger partial charge in [-0.25, -0.2) is 0 Å². The topological polar surface area (TPSA) is 66.6 Å². The molecule has 2 amide bonds. The van der Waals surface area contributed by atoms with Crippen molar-refractivity contribution in [3.8, 4) is 0 Å². The SMILES string of the molecule is Cl.N[C@H](Cc1ccccc1)C(=O)N1CCC(CCN2CCCC2=O)CC1. The lowest BCUT2D eigenvalue weighted by Crippen LogP contribution is -2.48. The Morgan fingerprint density at radius 1 is 1.15 bits per heavy atom. The molecule has 0 aliphatic carbocycles. The van der Waals surface area contributed by atoms with Gasteiger partial charge in [0.2, 0.25) is 11.8 Å². The Bertz CT molecular complexity index is 588. The molecular formula is C20H30ClN3O2. The van der Waals surface area contributed by atoms with Crippen LogP contribution < -0.4 is 5.73 Å². The summed E-state index contributed by atoms with van der Waals surface area (Å²) in [7, 11) is 0. The highest BCUT2D eigenvalue weighted by Gasteiger charge is 2.27. The third kappa shape index (κ3) is 5.45. The van der Waals surface area contributed by atoms with E-state index in [0.29, 0.717) is 24.7 Å². The summed E-state index contributed by atoms with van der Waals surface area (Å²) in [6.45, 7) is 3.38. The Kier molecular flexibility index (Phi) is 7.91. The van der Waals surface area contributed by atoms with Crippen LogP contribution in [0.2, 0.25) is 0 Å². The summed E-state index contributed by atoms with van der Waals surface area (Å²) in [4.78, 5) is 28.2. The van der Waals surface area contributed by atoms with Crippen molar-refractivity contribution >= 4 is 24.2 Å². The van der Waals surface area contributed by atoms with Crippen molar-refractivity contribution in [3.63, 3.8) is 0 Å². The smallest absolute Gasteiger partial charge is 0.239 e. The van der Waals surface area contributed by atoms with Gasteiger partial charge in [-0.1, -0.05) is 30.3 Å². The summed E-state index contributed by atoms with van der Waals surface area (Å²) in [6, 6.07) is 9.49. The van der Waals surface area contributed by atoms with E-state index >= 15 is 0 Å². The maximum Gasteiger partial charge on any atom is 0.239 e. The summed E-state index contributed by atoms with van der Waals surface area (Å²) in [5.74, 6) is 0.985. The monoisotopic (exact) mass is 379 g/mol. The summed E-state index contributed by atoms with van der Waals surface area (Å²) < 4.78 is 0. The zero-order valence-electron chi connectivity index (χ0n) is 15.3. The number of nitrogens with two attached hydrogens (primary N) is 1. The first kappa shape index (κ1) is 20.7. The molecular weight excluding hydrogens is 350 g/mol. The molecule has 1 aromatic rings. The summed E-state index contributed by atoms with van der Waals surface area (Å²) in [6.07, 6.45) is 5.41. The molecule has 0 saturated carbocycles. The second kappa shape index (κ2) is 9.93. The Balaban J connectivity index is 0.00000243. The molecule has 144 valence electrons. The molecule has 2 saturated heterocycles. The maximum absolute atomic E-state index is 12.6. The van der Waals surface area contributed by atoms with Crippen LogP contribution >= 0.6 is 12.4 Å². The van der Waals surface area contributed by atoms with Crippen molar-refractivity contribution in [2.45, 2.75) is 44.6 Å². The van der Waals surface area contributed by atoms with Crippen LogP contribution in [0.15, 0.2) is 30.3 Å². The van der Waals surface area contributed by atoms with Gasteiger partial charge >= 0.3 is 0 Å². The fourth-order valence-corrected chi connectivity index (χ4v) is 3.91. The molecule has 2 heterocycles. The number of piperidine rings is 1. The second-order valence-corrected chi connectivity index (χ2v) is 7.34. The van der Waals surface area contributed by atoms with Gasteiger partial charge in [0.25, 0.3) is 0 Å². The van der Waals surface area contributed by atoms with Gasteiger partial charge < -0.3 is 15.5 Å². The number of hydrogen-bond donors (Lipinski definition) is 1. The molecule has 0 spiro atoms. The fraction of sp³-hybridized carbons (Fsp3) is 0.600. The van der Waals surface area contributed by atoms with Gasteiger partial charge in [-0.15, -0.1) is 12.4 Å². The third-order valence-electron chi connectivity index (χ3n) is 5.52. The standard InChI is InChI=1S/C20H29N3O2.ClH/c21-18(15-17-5-2-1-3-6-17)20(25)23-13-9-16(10-14-23)8-12-22-11-4-7-19(22)24;/h1-3,5-6,16,18H,4,7-15,21H2;1H/t18-;/m1./s1. The molecule has 0 aromatic heterocycles. The zero-order chi connectivity index (χ0) is 17.6. The van der Waals surface area contributed by atoms with E-state index in [1.165, 1.54) is 0 Å². The Morgan fingerprint density at radius 2 is 1.85 bits per heavy atom. The van der Waals surface area contributed by atoms with Gasteiger partial charge in [0, 0.05) is 32.6 Å². The lowest BCUT2D eigenvalue weighted by atomic mass is 9.92. The number of carbonyl (C=O) groups is 2. The highest BCUT2D eigenvalue weighted by atomic mass is 35.5. The average molecular weight is 380 g/mol. The molecule has 6 heteroatoms. The molecule has 0 unspecified atom stereocenters. The van der Waals surface area contributed by atoms with E-state index in [0.717, 1.165) is 57.4 Å². The zero-order valence-corrected chi connectivity index (χ0v) is 16.1. The third-order valence-corrected chi connectivity index (χ3v) is 5.52. The minimum absolute atomic E-state index is 0. The molecule has 26 heavy (non-hydrogen) atoms. The summed E-state index contributed by atoms with van der Waals surface area (Å²) in [5, 5.41) is 0. The van der Waals surface area contributed by atoms with Crippen molar-refractivity contribution in [2.24, 2.45) is 11.7 Å². The van der Waals surface area contributed by atoms with Gasteiger partial charge in [-0.3, -0.25) is 9.59 Å². The molecule has 2 aliphatic rings. The number of rotatable bonds is 6. The quantitative estimate of drug-likeness (QED) is 0.824. The molecule has 1 aromatic carbocycles. The van der Waals surface area contributed by atoms with Gasteiger partial charge in [-0.05, 0) is 43.6 Å². The Morgan fingerprint density at radius 3 is 2.46 bits per heavy atom. The number of benzene rings is 1. The number of hydrogen-bond acceptors (Lipinski definition) is 3. The highest BCUT2D eigenvalue weighted by Crippen LogP contribution is 2.22. The van der Waals surface area contributed by atoms with E-state index in [1.807, 2.05) is 40.1 Å². The number of halogens is 1. The molecule has 0 bridgehead atoms. The maximum atomic E-state index is 12.6. The normalized spacial score (nSPS) is 19.3. The Labute approximate surface area is 162 Å². The molecule has 1 atom stereocenters. The van der Waals surface area contributed by atoms with E-state index in [2.05, 4.69) is 0 Å². The van der Waals surface area contributed by atoms with Crippen molar-refractivity contribution in [2.75, 3.05) is 26.2 Å². The molecule has 0 radical (unpaired) electrons. The molecule has 2 N–H and O–H groups in total. The van der Waals surface area contributed by atoms with Crippen molar-refractivity contribution in [3.05, 3.63) is 35.9 Å². The second-order valence-electron chi connectivity index (χ2n) is 7.34. The largest absolute Gasteiger partial charge is 0.343 e. The van der Waals surface area contributed by atoms with Crippen LogP contribution in [0.5, 0.6) is 0 Å².